The highest BCUT2D eigenvalue weighted by atomic mass is 35.5. The van der Waals surface area contributed by atoms with Crippen molar-refractivity contribution in [2.75, 3.05) is 52.5 Å². The van der Waals surface area contributed by atoms with Gasteiger partial charge in [0.05, 0.1) is 48.3 Å². The summed E-state index contributed by atoms with van der Waals surface area (Å²) in [5.74, 6) is -0.301. The Bertz CT molecular complexity index is 1970. The Kier molecular flexibility index (Phi) is 17.6. The molecule has 0 amide bonds. The zero-order valence-corrected chi connectivity index (χ0v) is 38.4. The van der Waals surface area contributed by atoms with Gasteiger partial charge in [0.15, 0.2) is 0 Å². The van der Waals surface area contributed by atoms with Gasteiger partial charge in [0.25, 0.3) is 0 Å². The summed E-state index contributed by atoms with van der Waals surface area (Å²) in [6, 6.07) is 31.0. The van der Waals surface area contributed by atoms with Gasteiger partial charge in [0.1, 0.15) is 11.2 Å². The van der Waals surface area contributed by atoms with Gasteiger partial charge in [-0.25, -0.2) is 0 Å². The highest BCUT2D eigenvalue weighted by Gasteiger charge is 2.25. The van der Waals surface area contributed by atoms with Crippen molar-refractivity contribution in [3.8, 4) is 0 Å². The van der Waals surface area contributed by atoms with Crippen molar-refractivity contribution in [1.29, 1.82) is 0 Å². The first-order valence-electron chi connectivity index (χ1n) is 20.2. The van der Waals surface area contributed by atoms with Crippen molar-refractivity contribution in [1.82, 2.24) is 9.80 Å². The second-order valence-corrected chi connectivity index (χ2v) is 19.7. The normalized spacial score (nSPS) is 17.8. The molecule has 0 N–H and O–H groups in total. The van der Waals surface area contributed by atoms with Crippen LogP contribution < -0.4 is 0 Å². The number of esters is 2. The largest absolute Gasteiger partial charge is 0.460 e. The number of carbonyl (C=O) groups is 2. The average molecular weight is 882 g/mol. The molecule has 318 valence electrons. The van der Waals surface area contributed by atoms with Crippen molar-refractivity contribution in [3.05, 3.63) is 118 Å². The van der Waals surface area contributed by atoms with Crippen LogP contribution in [0.5, 0.6) is 0 Å². The van der Waals surface area contributed by atoms with Crippen LogP contribution in [0.3, 0.4) is 0 Å². The number of benzene rings is 4. The van der Waals surface area contributed by atoms with Gasteiger partial charge >= 0.3 is 11.9 Å². The summed E-state index contributed by atoms with van der Waals surface area (Å²) < 4.78 is 22.8. The van der Waals surface area contributed by atoms with Crippen molar-refractivity contribution < 1.29 is 28.5 Å². The Labute approximate surface area is 369 Å². The van der Waals surface area contributed by atoms with E-state index in [1.807, 2.05) is 53.7 Å². The zero-order valence-electron chi connectivity index (χ0n) is 35.3. The van der Waals surface area contributed by atoms with Crippen molar-refractivity contribution >= 4 is 58.7 Å². The molecule has 2 aliphatic rings. The van der Waals surface area contributed by atoms with Gasteiger partial charge in [-0.1, -0.05) is 95.3 Å². The molecule has 6 rings (SSSR count). The molecule has 2 fully saturated rings. The van der Waals surface area contributed by atoms with E-state index in [2.05, 4.69) is 89.5 Å². The first kappa shape index (κ1) is 47.0. The smallest absolute Gasteiger partial charge is 0.307 e. The van der Waals surface area contributed by atoms with E-state index in [4.69, 9.17) is 42.1 Å². The standard InChI is InChI=1S/C24H31NO3S.C23H27Cl2NO3S/c1-18-7-5-6-8-22(18)29-20-11-9-19(10-12-20)21-17-25(15-16-27-21)14-13-23(26)28-24(2,3)4;1-23(2,3)29-21(27)11-12-26-13-14-28-19(15-26)16-7-9-17(10-8-16)30-20-6-4-5-18(24)22(20)25/h5-12,21H,13-17H2,1-4H3;4-10,19H,11-15H2,1-3H3. The molecule has 2 saturated heterocycles. The van der Waals surface area contributed by atoms with E-state index in [0.29, 0.717) is 49.2 Å². The average Bonchev–Trinajstić information content (AvgIpc) is 3.19. The second-order valence-electron chi connectivity index (χ2n) is 16.7. The molecular weight excluding hydrogens is 824 g/mol. The molecule has 4 aromatic rings. The maximum Gasteiger partial charge on any atom is 0.307 e. The van der Waals surface area contributed by atoms with E-state index < -0.39 is 11.2 Å². The Morgan fingerprint density at radius 1 is 0.644 bits per heavy atom. The predicted molar refractivity (Wildman–Crippen MR) is 240 cm³/mol. The summed E-state index contributed by atoms with van der Waals surface area (Å²) in [6.07, 6.45) is 0.835. The van der Waals surface area contributed by atoms with Gasteiger partial charge in [-0.3, -0.25) is 19.4 Å². The number of hydrogen-bond donors (Lipinski definition) is 0. The summed E-state index contributed by atoms with van der Waals surface area (Å²) in [5.41, 5.74) is 2.72. The van der Waals surface area contributed by atoms with Gasteiger partial charge in [-0.05, 0) is 108 Å². The van der Waals surface area contributed by atoms with Crippen LogP contribution in [-0.2, 0) is 28.5 Å². The van der Waals surface area contributed by atoms with Crippen LogP contribution in [0.15, 0.2) is 111 Å². The van der Waals surface area contributed by atoms with Crippen LogP contribution in [0.25, 0.3) is 0 Å². The number of aryl methyl sites for hydroxylation is 1. The van der Waals surface area contributed by atoms with E-state index in [-0.39, 0.29) is 24.1 Å². The zero-order chi connectivity index (χ0) is 42.6. The minimum Gasteiger partial charge on any atom is -0.460 e. The third kappa shape index (κ3) is 16.1. The van der Waals surface area contributed by atoms with Crippen LogP contribution in [0.2, 0.25) is 10.0 Å². The molecule has 12 heteroatoms. The molecule has 59 heavy (non-hydrogen) atoms. The monoisotopic (exact) mass is 880 g/mol. The van der Waals surface area contributed by atoms with E-state index in [1.165, 1.54) is 20.9 Å². The minimum absolute atomic E-state index is 0.00815. The predicted octanol–water partition coefficient (Wildman–Crippen LogP) is 11.5. The Balaban J connectivity index is 0.000000224. The van der Waals surface area contributed by atoms with Crippen LogP contribution in [-0.4, -0.2) is 85.4 Å². The highest BCUT2D eigenvalue weighted by Crippen LogP contribution is 2.38. The first-order chi connectivity index (χ1) is 28.0. The summed E-state index contributed by atoms with van der Waals surface area (Å²) >= 11 is 15.8. The fraction of sp³-hybridized carbons (Fsp3) is 0.447. The summed E-state index contributed by atoms with van der Waals surface area (Å²) in [4.78, 5) is 33.0. The number of carbonyl (C=O) groups excluding carboxylic acids is 2. The third-order valence-electron chi connectivity index (χ3n) is 9.37. The quantitative estimate of drug-likeness (QED) is 0.128. The van der Waals surface area contributed by atoms with E-state index in [1.54, 1.807) is 29.6 Å². The first-order valence-corrected chi connectivity index (χ1v) is 22.6. The molecule has 8 nitrogen and oxygen atoms in total. The Morgan fingerprint density at radius 2 is 1.08 bits per heavy atom. The number of rotatable bonds is 12. The van der Waals surface area contributed by atoms with Crippen LogP contribution in [0.1, 0.15) is 83.3 Å². The molecule has 0 bridgehead atoms. The van der Waals surface area contributed by atoms with Crippen LogP contribution >= 0.6 is 46.7 Å². The lowest BCUT2D eigenvalue weighted by atomic mass is 10.1. The number of morpholine rings is 2. The van der Waals surface area contributed by atoms with Gasteiger partial charge in [-0.15, -0.1) is 0 Å². The molecule has 0 spiro atoms. The SMILES string of the molecule is CC(C)(C)OC(=O)CCN1CCOC(c2ccc(Sc3cccc(Cl)c3Cl)cc2)C1.Cc1ccccc1Sc1ccc(C2CN(CCC(=O)OC(C)(C)C)CCO2)cc1. The Hall–Kier alpha value is -3.06. The third-order valence-corrected chi connectivity index (χ3v) is 12.6. The summed E-state index contributed by atoms with van der Waals surface area (Å²) in [6.45, 7) is 19.4. The maximum atomic E-state index is 12.0. The van der Waals surface area contributed by atoms with Gasteiger partial charge in [0.2, 0.25) is 0 Å². The highest BCUT2D eigenvalue weighted by molar-refractivity contribution is 7.99. The number of ether oxygens (including phenoxy) is 4. The van der Waals surface area contributed by atoms with Crippen molar-refractivity contribution in [2.45, 2.75) is 104 Å². The molecule has 2 aliphatic heterocycles. The van der Waals surface area contributed by atoms with E-state index >= 15 is 0 Å². The number of halogens is 2. The molecule has 0 radical (unpaired) electrons. The molecule has 0 aliphatic carbocycles. The summed E-state index contributed by atoms with van der Waals surface area (Å²) in [7, 11) is 0. The van der Waals surface area contributed by atoms with Gasteiger partial charge in [-0.2, -0.15) is 0 Å². The fourth-order valence-electron chi connectivity index (χ4n) is 6.49. The summed E-state index contributed by atoms with van der Waals surface area (Å²) in [5, 5.41) is 1.13. The number of hydrogen-bond acceptors (Lipinski definition) is 10. The maximum absolute atomic E-state index is 12.0. The lowest BCUT2D eigenvalue weighted by molar-refractivity contribution is -0.156. The van der Waals surface area contributed by atoms with Crippen molar-refractivity contribution in [3.63, 3.8) is 0 Å². The molecular formula is C47H58Cl2N2O6S2. The topological polar surface area (TPSA) is 77.5 Å². The molecule has 2 atom stereocenters. The van der Waals surface area contributed by atoms with Gasteiger partial charge < -0.3 is 18.9 Å². The molecule has 4 aromatic carbocycles. The minimum atomic E-state index is -0.445. The lowest BCUT2D eigenvalue weighted by Crippen LogP contribution is -2.39. The van der Waals surface area contributed by atoms with E-state index in [9.17, 15) is 9.59 Å². The van der Waals surface area contributed by atoms with Crippen LogP contribution in [0, 0.1) is 6.92 Å². The van der Waals surface area contributed by atoms with Crippen molar-refractivity contribution in [2.24, 2.45) is 0 Å². The second kappa shape index (κ2) is 22.2. The van der Waals surface area contributed by atoms with Crippen LogP contribution in [0.4, 0.5) is 0 Å². The fourth-order valence-corrected chi connectivity index (χ4v) is 8.73. The Morgan fingerprint density at radius 3 is 1.54 bits per heavy atom. The molecule has 2 unspecified atom stereocenters. The number of nitrogens with zero attached hydrogens (tertiary/aromatic N) is 2. The molecule has 2 heterocycles. The lowest BCUT2D eigenvalue weighted by Gasteiger charge is -2.33. The molecule has 0 aromatic heterocycles. The van der Waals surface area contributed by atoms with E-state index in [0.717, 1.165) is 41.5 Å². The molecule has 0 saturated carbocycles. The van der Waals surface area contributed by atoms with Gasteiger partial charge in [0, 0.05) is 58.9 Å².